The predicted octanol–water partition coefficient (Wildman–Crippen LogP) is 2.07. The van der Waals surface area contributed by atoms with E-state index in [0.29, 0.717) is 0 Å². The minimum Gasteiger partial charge on any atom is -0.314 e. The molecular formula is C12H15F3N2. The molecule has 1 saturated heterocycles. The molecule has 2 nitrogen and oxygen atoms in total. The van der Waals surface area contributed by atoms with E-state index in [1.807, 2.05) is 4.90 Å². The lowest BCUT2D eigenvalue weighted by molar-refractivity contribution is 0.178. The maximum Gasteiger partial charge on any atom is 0.133 e. The van der Waals surface area contributed by atoms with Crippen LogP contribution in [0.15, 0.2) is 12.1 Å². The maximum absolute atomic E-state index is 13.6. The Hall–Kier alpha value is -1.07. The Morgan fingerprint density at radius 1 is 1.12 bits per heavy atom. The van der Waals surface area contributed by atoms with Crippen molar-refractivity contribution < 1.29 is 13.2 Å². The van der Waals surface area contributed by atoms with E-state index < -0.39 is 17.5 Å². The first kappa shape index (κ1) is 12.4. The van der Waals surface area contributed by atoms with Gasteiger partial charge >= 0.3 is 0 Å². The average Bonchev–Trinajstić information content (AvgIpc) is 2.28. The SMILES string of the molecule is C[C@H](c1c(F)cc(F)cc1F)N1CCNCC1. The van der Waals surface area contributed by atoms with Gasteiger partial charge in [0, 0.05) is 49.9 Å². The maximum atomic E-state index is 13.6. The van der Waals surface area contributed by atoms with Gasteiger partial charge in [0.15, 0.2) is 0 Å². The number of hydrogen-bond donors (Lipinski definition) is 1. The van der Waals surface area contributed by atoms with Crippen molar-refractivity contribution in [2.45, 2.75) is 13.0 Å². The van der Waals surface area contributed by atoms with Gasteiger partial charge in [0.25, 0.3) is 0 Å². The Morgan fingerprint density at radius 2 is 1.65 bits per heavy atom. The van der Waals surface area contributed by atoms with E-state index in [0.717, 1.165) is 38.3 Å². The molecule has 5 heteroatoms. The third kappa shape index (κ3) is 2.61. The second kappa shape index (κ2) is 5.06. The molecule has 0 amide bonds. The molecule has 1 N–H and O–H groups in total. The molecular weight excluding hydrogens is 229 g/mol. The first-order valence-corrected chi connectivity index (χ1v) is 5.69. The lowest BCUT2D eigenvalue weighted by atomic mass is 10.0. The third-order valence-corrected chi connectivity index (χ3v) is 3.16. The van der Waals surface area contributed by atoms with Gasteiger partial charge in [-0.2, -0.15) is 0 Å². The van der Waals surface area contributed by atoms with E-state index in [1.54, 1.807) is 6.92 Å². The van der Waals surface area contributed by atoms with E-state index in [1.165, 1.54) is 0 Å². The molecule has 1 fully saturated rings. The highest BCUT2D eigenvalue weighted by molar-refractivity contribution is 5.24. The summed E-state index contributed by atoms with van der Waals surface area (Å²) >= 11 is 0. The van der Waals surface area contributed by atoms with Crippen molar-refractivity contribution >= 4 is 0 Å². The number of benzene rings is 1. The van der Waals surface area contributed by atoms with Crippen LogP contribution in [0.1, 0.15) is 18.5 Å². The predicted molar refractivity (Wildman–Crippen MR) is 59.2 cm³/mol. The smallest absolute Gasteiger partial charge is 0.133 e. The summed E-state index contributed by atoms with van der Waals surface area (Å²) in [5, 5.41) is 3.17. The van der Waals surface area contributed by atoms with Crippen molar-refractivity contribution in [2.24, 2.45) is 0 Å². The Bertz CT molecular complexity index is 380. The van der Waals surface area contributed by atoms with Crippen LogP contribution in [0.25, 0.3) is 0 Å². The molecule has 1 heterocycles. The zero-order valence-electron chi connectivity index (χ0n) is 9.64. The molecule has 0 unspecified atom stereocenters. The second-order valence-electron chi connectivity index (χ2n) is 4.25. The first-order valence-electron chi connectivity index (χ1n) is 5.69. The molecule has 0 spiro atoms. The monoisotopic (exact) mass is 244 g/mol. The van der Waals surface area contributed by atoms with Crippen LogP contribution < -0.4 is 5.32 Å². The van der Waals surface area contributed by atoms with E-state index in [4.69, 9.17) is 0 Å². The van der Waals surface area contributed by atoms with E-state index in [2.05, 4.69) is 5.32 Å². The van der Waals surface area contributed by atoms with Crippen molar-refractivity contribution in [3.8, 4) is 0 Å². The Kier molecular flexibility index (Phi) is 3.69. The van der Waals surface area contributed by atoms with Crippen LogP contribution in [0.2, 0.25) is 0 Å². The van der Waals surface area contributed by atoms with E-state index in [-0.39, 0.29) is 11.6 Å². The number of hydrogen-bond acceptors (Lipinski definition) is 2. The highest BCUT2D eigenvalue weighted by Gasteiger charge is 2.24. The summed E-state index contributed by atoms with van der Waals surface area (Å²) in [6, 6.07) is 1.09. The lowest BCUT2D eigenvalue weighted by Crippen LogP contribution is -2.44. The average molecular weight is 244 g/mol. The van der Waals surface area contributed by atoms with Gasteiger partial charge in [-0.25, -0.2) is 13.2 Å². The van der Waals surface area contributed by atoms with Crippen LogP contribution in [0.3, 0.4) is 0 Å². The van der Waals surface area contributed by atoms with Gasteiger partial charge in [0.2, 0.25) is 0 Å². The van der Waals surface area contributed by atoms with Crippen LogP contribution in [-0.4, -0.2) is 31.1 Å². The van der Waals surface area contributed by atoms with Crippen LogP contribution in [0, 0.1) is 17.5 Å². The van der Waals surface area contributed by atoms with Crippen molar-refractivity contribution in [3.05, 3.63) is 35.1 Å². The van der Waals surface area contributed by atoms with Gasteiger partial charge in [-0.1, -0.05) is 0 Å². The Labute approximate surface area is 98.4 Å². The van der Waals surface area contributed by atoms with Crippen molar-refractivity contribution in [2.75, 3.05) is 26.2 Å². The van der Waals surface area contributed by atoms with Gasteiger partial charge in [0.05, 0.1) is 0 Å². The molecule has 0 aromatic heterocycles. The second-order valence-corrected chi connectivity index (χ2v) is 4.25. The summed E-state index contributed by atoms with van der Waals surface area (Å²) in [6.45, 7) is 4.81. The number of piperazine rings is 1. The van der Waals surface area contributed by atoms with Crippen molar-refractivity contribution in [1.82, 2.24) is 10.2 Å². The fraction of sp³-hybridized carbons (Fsp3) is 0.500. The summed E-state index contributed by atoms with van der Waals surface area (Å²) in [7, 11) is 0. The highest BCUT2D eigenvalue weighted by Crippen LogP contribution is 2.26. The van der Waals surface area contributed by atoms with Gasteiger partial charge < -0.3 is 5.32 Å². The number of halogens is 3. The van der Waals surface area contributed by atoms with E-state index >= 15 is 0 Å². The molecule has 1 atom stereocenters. The topological polar surface area (TPSA) is 15.3 Å². The van der Waals surface area contributed by atoms with E-state index in [9.17, 15) is 13.2 Å². The van der Waals surface area contributed by atoms with Gasteiger partial charge in [-0.3, -0.25) is 4.90 Å². The molecule has 0 saturated carbocycles. The molecule has 1 aliphatic heterocycles. The van der Waals surface area contributed by atoms with Crippen LogP contribution in [-0.2, 0) is 0 Å². The third-order valence-electron chi connectivity index (χ3n) is 3.16. The van der Waals surface area contributed by atoms with Crippen LogP contribution >= 0.6 is 0 Å². The lowest BCUT2D eigenvalue weighted by Gasteiger charge is -2.33. The molecule has 1 aromatic carbocycles. The molecule has 0 radical (unpaired) electrons. The fourth-order valence-electron chi connectivity index (χ4n) is 2.20. The quantitative estimate of drug-likeness (QED) is 0.856. The molecule has 94 valence electrons. The minimum atomic E-state index is -0.878. The summed E-state index contributed by atoms with van der Waals surface area (Å²) in [5.74, 6) is -2.50. The van der Waals surface area contributed by atoms with Crippen molar-refractivity contribution in [3.63, 3.8) is 0 Å². The Morgan fingerprint density at radius 3 is 2.18 bits per heavy atom. The molecule has 0 aliphatic carbocycles. The van der Waals surface area contributed by atoms with Gasteiger partial charge in [0.1, 0.15) is 17.5 Å². The molecule has 0 bridgehead atoms. The number of rotatable bonds is 2. The molecule has 1 aliphatic rings. The zero-order valence-corrected chi connectivity index (χ0v) is 9.64. The van der Waals surface area contributed by atoms with Gasteiger partial charge in [-0.05, 0) is 6.92 Å². The highest BCUT2D eigenvalue weighted by atomic mass is 19.1. The zero-order chi connectivity index (χ0) is 12.4. The normalized spacial score (nSPS) is 19.3. The molecule has 17 heavy (non-hydrogen) atoms. The van der Waals surface area contributed by atoms with Crippen LogP contribution in [0.4, 0.5) is 13.2 Å². The van der Waals surface area contributed by atoms with Crippen LogP contribution in [0.5, 0.6) is 0 Å². The number of nitrogens with zero attached hydrogens (tertiary/aromatic N) is 1. The summed E-state index contributed by atoms with van der Waals surface area (Å²) in [6.07, 6.45) is 0. The molecule has 1 aromatic rings. The Balaban J connectivity index is 2.26. The summed E-state index contributed by atoms with van der Waals surface area (Å²) in [4.78, 5) is 1.98. The van der Waals surface area contributed by atoms with Crippen molar-refractivity contribution in [1.29, 1.82) is 0 Å². The summed E-state index contributed by atoms with van der Waals surface area (Å²) < 4.78 is 40.0. The first-order chi connectivity index (χ1) is 8.09. The van der Waals surface area contributed by atoms with Gasteiger partial charge in [-0.15, -0.1) is 0 Å². The minimum absolute atomic E-state index is 0.0479. The standard InChI is InChI=1S/C12H15F3N2/c1-8(17-4-2-16-3-5-17)12-10(14)6-9(13)7-11(12)15/h6-8,16H,2-5H2,1H3/t8-/m1/s1. The number of nitrogens with one attached hydrogen (secondary N) is 1. The largest absolute Gasteiger partial charge is 0.314 e. The fourth-order valence-corrected chi connectivity index (χ4v) is 2.20. The molecule has 2 rings (SSSR count). The summed E-state index contributed by atoms with van der Waals surface area (Å²) in [5.41, 5.74) is -0.0479.